The number of alkyl halides is 4. The van der Waals surface area contributed by atoms with Crippen LogP contribution >= 0.6 is 0 Å². The van der Waals surface area contributed by atoms with Crippen LogP contribution in [0.25, 0.3) is 0 Å². The minimum absolute atomic E-state index is 0.186. The first-order valence-electron chi connectivity index (χ1n) is 11.3. The van der Waals surface area contributed by atoms with Crippen LogP contribution in [0.1, 0.15) is 49.4 Å². The molecule has 10 nitrogen and oxygen atoms in total. The summed E-state index contributed by atoms with van der Waals surface area (Å²) < 4.78 is 60.1. The fourth-order valence-electron chi connectivity index (χ4n) is 4.33. The standard InChI is InChI=1S/C22H24F4N4O6/c1-21(2,23)16-7-14(29-36-16)20(34)30-8-11-5-12(11)17(30)19(33)28-13(6-10-3-4-27-18(10)32)15(31)9-35-22(24,25)26/h7-8,10,12-13,17H,3-6,9H2,1-2H3,(H,27,32)(H,28,33)/t10-,12-,13-,17-/m0/s1. The van der Waals surface area contributed by atoms with Crippen LogP contribution in [0.5, 0.6) is 0 Å². The van der Waals surface area contributed by atoms with Crippen LogP contribution in [0.3, 0.4) is 0 Å². The SMILES string of the molecule is CC(C)(F)c1cc(C(=O)N2C=C3C[C@@H]3[C@H]2C(=O)N[C@@H](C[C@@H]2CCNC2=O)C(=O)COC(F)(F)F)no1. The number of ether oxygens (including phenoxy) is 1. The minimum Gasteiger partial charge on any atom is -0.357 e. The molecule has 0 unspecified atom stereocenters. The molecule has 1 aliphatic carbocycles. The highest BCUT2D eigenvalue weighted by atomic mass is 19.4. The molecule has 2 fully saturated rings. The van der Waals surface area contributed by atoms with Crippen molar-refractivity contribution in [2.75, 3.05) is 13.2 Å². The number of nitrogens with zero attached hydrogens (tertiary/aromatic N) is 2. The molecule has 0 aromatic carbocycles. The number of ketones is 1. The summed E-state index contributed by atoms with van der Waals surface area (Å²) in [5.41, 5.74) is -1.34. The average molecular weight is 516 g/mol. The third kappa shape index (κ3) is 5.58. The zero-order chi connectivity index (χ0) is 26.4. The van der Waals surface area contributed by atoms with Crippen molar-refractivity contribution in [2.24, 2.45) is 11.8 Å². The van der Waals surface area contributed by atoms with Crippen molar-refractivity contribution in [1.82, 2.24) is 20.7 Å². The molecule has 196 valence electrons. The summed E-state index contributed by atoms with van der Waals surface area (Å²) in [6.45, 7) is 1.43. The van der Waals surface area contributed by atoms with Crippen LogP contribution in [0.15, 0.2) is 22.4 Å². The molecule has 0 spiro atoms. The second kappa shape index (κ2) is 9.30. The molecule has 0 bridgehead atoms. The average Bonchev–Trinajstić information content (AvgIpc) is 3.14. The third-order valence-electron chi connectivity index (χ3n) is 6.34. The van der Waals surface area contributed by atoms with Crippen molar-refractivity contribution in [3.8, 4) is 0 Å². The van der Waals surface area contributed by atoms with Gasteiger partial charge in [-0.1, -0.05) is 5.16 Å². The smallest absolute Gasteiger partial charge is 0.357 e. The Balaban J connectivity index is 1.49. The van der Waals surface area contributed by atoms with E-state index in [1.54, 1.807) is 0 Å². The highest BCUT2D eigenvalue weighted by molar-refractivity contribution is 6.00. The van der Waals surface area contributed by atoms with E-state index < -0.39 is 54.2 Å². The number of fused-ring (bicyclic) bond motifs is 1. The van der Waals surface area contributed by atoms with E-state index in [-0.39, 0.29) is 29.7 Å². The second-order valence-electron chi connectivity index (χ2n) is 9.49. The van der Waals surface area contributed by atoms with Crippen molar-refractivity contribution < 1.29 is 46.0 Å². The van der Waals surface area contributed by atoms with Crippen LogP contribution in [-0.4, -0.2) is 65.2 Å². The summed E-state index contributed by atoms with van der Waals surface area (Å²) in [6.07, 6.45) is -2.95. The molecule has 2 aliphatic heterocycles. The van der Waals surface area contributed by atoms with Crippen molar-refractivity contribution >= 4 is 23.5 Å². The molecular formula is C22H24F4N4O6. The summed E-state index contributed by atoms with van der Waals surface area (Å²) in [4.78, 5) is 51.8. The summed E-state index contributed by atoms with van der Waals surface area (Å²) in [5.74, 6) is -4.17. The van der Waals surface area contributed by atoms with Crippen LogP contribution in [-0.2, 0) is 24.8 Å². The maximum atomic E-state index is 14.1. The molecule has 0 radical (unpaired) electrons. The van der Waals surface area contributed by atoms with Crippen LogP contribution < -0.4 is 10.6 Å². The topological polar surface area (TPSA) is 131 Å². The molecule has 1 saturated carbocycles. The fraction of sp³-hybridized carbons (Fsp3) is 0.591. The van der Waals surface area contributed by atoms with E-state index in [2.05, 4.69) is 20.5 Å². The summed E-state index contributed by atoms with van der Waals surface area (Å²) in [5, 5.41) is 8.57. The van der Waals surface area contributed by atoms with Gasteiger partial charge in [-0.05, 0) is 38.7 Å². The Hall–Kier alpha value is -3.29. The number of halogens is 4. The molecule has 14 heteroatoms. The lowest BCUT2D eigenvalue weighted by Crippen LogP contribution is -2.53. The van der Waals surface area contributed by atoms with Gasteiger partial charge in [0, 0.05) is 30.6 Å². The molecule has 3 heterocycles. The van der Waals surface area contributed by atoms with Gasteiger partial charge in [-0.3, -0.25) is 23.9 Å². The number of rotatable bonds is 9. The zero-order valence-electron chi connectivity index (χ0n) is 19.4. The number of aromatic nitrogens is 1. The van der Waals surface area contributed by atoms with Gasteiger partial charge in [-0.15, -0.1) is 13.2 Å². The Morgan fingerprint density at radius 3 is 2.61 bits per heavy atom. The van der Waals surface area contributed by atoms with Gasteiger partial charge < -0.3 is 20.1 Å². The van der Waals surface area contributed by atoms with E-state index in [0.29, 0.717) is 19.4 Å². The number of carbonyl (C=O) groups is 4. The molecule has 1 aromatic rings. The third-order valence-corrected chi connectivity index (χ3v) is 6.34. The number of hydrogen-bond donors (Lipinski definition) is 2. The predicted octanol–water partition coefficient (Wildman–Crippen LogP) is 1.72. The van der Waals surface area contributed by atoms with Gasteiger partial charge in [0.05, 0.1) is 6.04 Å². The molecule has 1 saturated heterocycles. The van der Waals surface area contributed by atoms with Crippen molar-refractivity contribution in [1.29, 1.82) is 0 Å². The summed E-state index contributed by atoms with van der Waals surface area (Å²) >= 11 is 0. The van der Waals surface area contributed by atoms with Gasteiger partial charge in [0.2, 0.25) is 11.8 Å². The van der Waals surface area contributed by atoms with Crippen molar-refractivity contribution in [3.63, 3.8) is 0 Å². The number of carbonyl (C=O) groups excluding carboxylic acids is 4. The normalized spacial score (nSPS) is 24.2. The van der Waals surface area contributed by atoms with Crippen molar-refractivity contribution in [2.45, 2.75) is 57.2 Å². The van der Waals surface area contributed by atoms with E-state index in [1.165, 1.54) is 20.0 Å². The van der Waals surface area contributed by atoms with Gasteiger partial charge in [0.15, 0.2) is 22.9 Å². The highest BCUT2D eigenvalue weighted by Crippen LogP contribution is 2.48. The first-order chi connectivity index (χ1) is 16.7. The van der Waals surface area contributed by atoms with Crippen molar-refractivity contribution in [3.05, 3.63) is 29.3 Å². The maximum Gasteiger partial charge on any atom is 0.522 e. The Morgan fingerprint density at radius 1 is 1.31 bits per heavy atom. The number of nitrogens with one attached hydrogen (secondary N) is 2. The maximum absolute atomic E-state index is 14.1. The van der Waals surface area contributed by atoms with E-state index in [0.717, 1.165) is 16.5 Å². The number of amides is 3. The van der Waals surface area contributed by atoms with Crippen LogP contribution in [0, 0.1) is 11.8 Å². The van der Waals surface area contributed by atoms with Crippen LogP contribution in [0.2, 0.25) is 0 Å². The Labute approximate surface area is 202 Å². The van der Waals surface area contributed by atoms with Gasteiger partial charge in [0.25, 0.3) is 5.91 Å². The molecule has 1 aromatic heterocycles. The summed E-state index contributed by atoms with van der Waals surface area (Å²) in [7, 11) is 0. The van der Waals surface area contributed by atoms with Crippen LogP contribution in [0.4, 0.5) is 17.6 Å². The lowest BCUT2D eigenvalue weighted by molar-refractivity contribution is -0.321. The first-order valence-corrected chi connectivity index (χ1v) is 11.3. The van der Waals surface area contributed by atoms with Gasteiger partial charge in [-0.25, -0.2) is 4.39 Å². The number of Topliss-reactive ketones (excluding diaryl/α,β-unsaturated/α-hetero) is 1. The minimum atomic E-state index is -5.05. The molecule has 3 aliphatic rings. The van der Waals surface area contributed by atoms with Gasteiger partial charge in [-0.2, -0.15) is 0 Å². The Bertz CT molecular complexity index is 1110. The second-order valence-corrected chi connectivity index (χ2v) is 9.49. The molecule has 3 amide bonds. The van der Waals surface area contributed by atoms with E-state index in [4.69, 9.17) is 4.52 Å². The molecule has 4 atom stereocenters. The highest BCUT2D eigenvalue weighted by Gasteiger charge is 2.52. The van der Waals surface area contributed by atoms with E-state index in [1.807, 2.05) is 0 Å². The Morgan fingerprint density at radius 2 is 2.03 bits per heavy atom. The lowest BCUT2D eigenvalue weighted by Gasteiger charge is -2.27. The fourth-order valence-corrected chi connectivity index (χ4v) is 4.33. The zero-order valence-corrected chi connectivity index (χ0v) is 19.4. The van der Waals surface area contributed by atoms with E-state index in [9.17, 15) is 36.7 Å². The van der Waals surface area contributed by atoms with Gasteiger partial charge in [0.1, 0.15) is 12.6 Å². The first kappa shape index (κ1) is 25.8. The largest absolute Gasteiger partial charge is 0.522 e. The summed E-state index contributed by atoms with van der Waals surface area (Å²) in [6, 6.07) is -1.42. The quantitative estimate of drug-likeness (QED) is 0.478. The van der Waals surface area contributed by atoms with Gasteiger partial charge >= 0.3 is 6.36 Å². The molecule has 4 rings (SSSR count). The monoisotopic (exact) mass is 516 g/mol. The van der Waals surface area contributed by atoms with E-state index >= 15 is 0 Å². The molecule has 36 heavy (non-hydrogen) atoms. The lowest BCUT2D eigenvalue weighted by atomic mass is 9.95. The molecule has 2 N–H and O–H groups in total. The number of hydrogen-bond acceptors (Lipinski definition) is 7. The molecular weight excluding hydrogens is 492 g/mol. The predicted molar refractivity (Wildman–Crippen MR) is 111 cm³/mol. The Kier molecular flexibility index (Phi) is 6.66.